The van der Waals surface area contributed by atoms with Gasteiger partial charge in [0, 0.05) is 11.6 Å². The number of aromatic nitrogens is 2. The summed E-state index contributed by atoms with van der Waals surface area (Å²) in [5, 5.41) is 0.536. The molecule has 8 heteroatoms. The monoisotopic (exact) mass is 383 g/mol. The third-order valence-electron chi connectivity index (χ3n) is 3.54. The van der Waals surface area contributed by atoms with Gasteiger partial charge in [-0.2, -0.15) is 4.68 Å². The number of nitrogens with zero attached hydrogens (tertiary/aromatic N) is 2. The van der Waals surface area contributed by atoms with Crippen LogP contribution in [0.2, 0.25) is 10.0 Å². The van der Waals surface area contributed by atoms with Crippen LogP contribution in [0.1, 0.15) is 26.3 Å². The molecule has 0 saturated carbocycles. The molecule has 0 fully saturated rings. The molecule has 1 heterocycles. The molecule has 0 spiro atoms. The standard InChI is InChI=1S/C17H19Cl2N3O3/c1-4-5-9-25-17(24)22-15(20)14(16(23)21(22)10(2)3)13-11(18)7-6-8-12(13)19/h4,6-8,10H,1,5,9,20H2,2-3H3. The van der Waals surface area contributed by atoms with Crippen molar-refractivity contribution in [3.63, 3.8) is 0 Å². The lowest BCUT2D eigenvalue weighted by Crippen LogP contribution is -2.30. The van der Waals surface area contributed by atoms with Crippen molar-refractivity contribution >= 4 is 35.1 Å². The van der Waals surface area contributed by atoms with Gasteiger partial charge in [0.25, 0.3) is 5.56 Å². The van der Waals surface area contributed by atoms with E-state index >= 15 is 0 Å². The fourth-order valence-corrected chi connectivity index (χ4v) is 3.04. The van der Waals surface area contributed by atoms with Gasteiger partial charge in [-0.25, -0.2) is 9.48 Å². The van der Waals surface area contributed by atoms with Crippen LogP contribution in [0.3, 0.4) is 0 Å². The summed E-state index contributed by atoms with van der Waals surface area (Å²) >= 11 is 12.4. The third-order valence-corrected chi connectivity index (χ3v) is 4.17. The number of rotatable bonds is 5. The van der Waals surface area contributed by atoms with Crippen molar-refractivity contribution in [2.24, 2.45) is 0 Å². The summed E-state index contributed by atoms with van der Waals surface area (Å²) in [7, 11) is 0. The summed E-state index contributed by atoms with van der Waals surface area (Å²) in [5.41, 5.74) is 6.02. The van der Waals surface area contributed by atoms with Crippen LogP contribution in [-0.4, -0.2) is 22.1 Å². The lowest BCUT2D eigenvalue weighted by molar-refractivity contribution is 0.141. The van der Waals surface area contributed by atoms with Gasteiger partial charge in [-0.3, -0.25) is 4.79 Å². The summed E-state index contributed by atoms with van der Waals surface area (Å²) in [5.74, 6) is -0.0719. The Hall–Kier alpha value is -2.18. The minimum Gasteiger partial charge on any atom is -0.448 e. The maximum atomic E-state index is 12.9. The highest BCUT2D eigenvalue weighted by atomic mass is 35.5. The van der Waals surface area contributed by atoms with E-state index in [0.29, 0.717) is 12.0 Å². The molecule has 2 N–H and O–H groups in total. The van der Waals surface area contributed by atoms with Crippen LogP contribution in [-0.2, 0) is 4.74 Å². The van der Waals surface area contributed by atoms with Crippen molar-refractivity contribution in [2.45, 2.75) is 26.3 Å². The molecule has 2 rings (SSSR count). The summed E-state index contributed by atoms with van der Waals surface area (Å²) in [4.78, 5) is 25.3. The van der Waals surface area contributed by atoms with E-state index in [1.807, 2.05) is 0 Å². The first kappa shape index (κ1) is 19.1. The van der Waals surface area contributed by atoms with E-state index in [1.54, 1.807) is 38.1 Å². The largest absolute Gasteiger partial charge is 0.448 e. The molecule has 0 aliphatic carbocycles. The second-order valence-electron chi connectivity index (χ2n) is 5.60. The quantitative estimate of drug-likeness (QED) is 0.614. The Morgan fingerprint density at radius 2 is 1.92 bits per heavy atom. The molecular formula is C17H19Cl2N3O3. The molecule has 6 nitrogen and oxygen atoms in total. The number of ether oxygens (including phenoxy) is 1. The highest BCUT2D eigenvalue weighted by Gasteiger charge is 2.27. The Labute approximate surface area is 155 Å². The third kappa shape index (κ3) is 3.60. The summed E-state index contributed by atoms with van der Waals surface area (Å²) in [6.45, 7) is 7.21. The minimum atomic E-state index is -0.750. The molecule has 0 radical (unpaired) electrons. The summed E-state index contributed by atoms with van der Waals surface area (Å²) < 4.78 is 7.39. The van der Waals surface area contributed by atoms with E-state index < -0.39 is 11.7 Å². The Balaban J connectivity index is 2.69. The molecule has 25 heavy (non-hydrogen) atoms. The Morgan fingerprint density at radius 1 is 1.32 bits per heavy atom. The fraction of sp³-hybridized carbons (Fsp3) is 0.294. The average Bonchev–Trinajstić information content (AvgIpc) is 2.79. The molecule has 1 aromatic heterocycles. The normalized spacial score (nSPS) is 10.9. The van der Waals surface area contributed by atoms with Crippen molar-refractivity contribution in [3.05, 3.63) is 51.3 Å². The van der Waals surface area contributed by atoms with Gasteiger partial charge in [-0.1, -0.05) is 35.3 Å². The summed E-state index contributed by atoms with van der Waals surface area (Å²) in [6, 6.07) is 4.52. The predicted molar refractivity (Wildman–Crippen MR) is 101 cm³/mol. The summed E-state index contributed by atoms with van der Waals surface area (Å²) in [6.07, 6.45) is 1.36. The van der Waals surface area contributed by atoms with E-state index in [4.69, 9.17) is 33.7 Å². The smallest absolute Gasteiger partial charge is 0.435 e. The van der Waals surface area contributed by atoms with Crippen LogP contribution in [0.4, 0.5) is 10.6 Å². The minimum absolute atomic E-state index is 0.0719. The molecule has 0 bridgehead atoms. The number of hydrogen-bond donors (Lipinski definition) is 1. The number of nitrogen functional groups attached to an aromatic ring is 1. The number of halogens is 2. The molecule has 1 aromatic carbocycles. The molecular weight excluding hydrogens is 365 g/mol. The van der Waals surface area contributed by atoms with Gasteiger partial charge >= 0.3 is 6.09 Å². The number of nitrogens with two attached hydrogens (primary N) is 1. The van der Waals surface area contributed by atoms with Crippen LogP contribution in [0.25, 0.3) is 11.1 Å². The Bertz CT molecular complexity index is 849. The molecule has 134 valence electrons. The highest BCUT2D eigenvalue weighted by Crippen LogP contribution is 2.36. The van der Waals surface area contributed by atoms with Crippen LogP contribution < -0.4 is 11.3 Å². The molecule has 0 saturated heterocycles. The van der Waals surface area contributed by atoms with Gasteiger partial charge in [0.05, 0.1) is 22.2 Å². The molecule has 2 aromatic rings. The number of carbonyl (C=O) groups is 1. The first-order valence-corrected chi connectivity index (χ1v) is 8.42. The maximum Gasteiger partial charge on any atom is 0.435 e. The van der Waals surface area contributed by atoms with Crippen LogP contribution >= 0.6 is 23.2 Å². The van der Waals surface area contributed by atoms with Crippen molar-refractivity contribution < 1.29 is 9.53 Å². The molecule has 0 aliphatic heterocycles. The lowest BCUT2D eigenvalue weighted by Gasteiger charge is -2.14. The van der Waals surface area contributed by atoms with Crippen LogP contribution in [0, 0.1) is 0 Å². The van der Waals surface area contributed by atoms with E-state index in [-0.39, 0.29) is 34.1 Å². The lowest BCUT2D eigenvalue weighted by atomic mass is 10.1. The number of carbonyl (C=O) groups excluding carboxylic acids is 1. The second kappa shape index (κ2) is 7.80. The van der Waals surface area contributed by atoms with Gasteiger partial charge < -0.3 is 10.5 Å². The van der Waals surface area contributed by atoms with E-state index in [2.05, 4.69) is 6.58 Å². The molecule has 0 unspecified atom stereocenters. The van der Waals surface area contributed by atoms with Gasteiger partial charge in [-0.15, -0.1) is 6.58 Å². The zero-order valence-electron chi connectivity index (χ0n) is 14.0. The molecule has 0 atom stereocenters. The first-order chi connectivity index (χ1) is 11.8. The van der Waals surface area contributed by atoms with Crippen molar-refractivity contribution in [1.82, 2.24) is 9.36 Å². The first-order valence-electron chi connectivity index (χ1n) is 7.66. The molecule has 0 aliphatic rings. The SMILES string of the molecule is C=CCCOC(=O)n1c(N)c(-c2c(Cl)cccc2Cl)c(=O)n1C(C)C. The average molecular weight is 384 g/mol. The van der Waals surface area contributed by atoms with E-state index in [1.165, 1.54) is 4.68 Å². The van der Waals surface area contributed by atoms with Gasteiger partial charge in [0.2, 0.25) is 0 Å². The predicted octanol–water partition coefficient (Wildman–Crippen LogP) is 4.35. The Kier molecular flexibility index (Phi) is 5.98. The van der Waals surface area contributed by atoms with Crippen LogP contribution in [0.15, 0.2) is 35.6 Å². The van der Waals surface area contributed by atoms with Crippen molar-refractivity contribution in [3.8, 4) is 11.1 Å². The van der Waals surface area contributed by atoms with Gasteiger partial charge in [0.1, 0.15) is 5.82 Å². The number of benzene rings is 1. The zero-order valence-corrected chi connectivity index (χ0v) is 15.5. The Morgan fingerprint density at radius 3 is 2.44 bits per heavy atom. The maximum absolute atomic E-state index is 12.9. The zero-order chi connectivity index (χ0) is 18.7. The fourth-order valence-electron chi connectivity index (χ4n) is 2.45. The van der Waals surface area contributed by atoms with Crippen LogP contribution in [0.5, 0.6) is 0 Å². The topological polar surface area (TPSA) is 79.2 Å². The second-order valence-corrected chi connectivity index (χ2v) is 6.42. The number of anilines is 1. The van der Waals surface area contributed by atoms with Crippen molar-refractivity contribution in [1.29, 1.82) is 0 Å². The van der Waals surface area contributed by atoms with Gasteiger partial charge in [-0.05, 0) is 32.4 Å². The number of hydrogen-bond acceptors (Lipinski definition) is 4. The van der Waals surface area contributed by atoms with E-state index in [0.717, 1.165) is 4.68 Å². The highest BCUT2D eigenvalue weighted by molar-refractivity contribution is 6.39. The van der Waals surface area contributed by atoms with E-state index in [9.17, 15) is 9.59 Å². The van der Waals surface area contributed by atoms with Gasteiger partial charge in [0.15, 0.2) is 0 Å². The van der Waals surface area contributed by atoms with Crippen molar-refractivity contribution in [2.75, 3.05) is 12.3 Å². The molecule has 0 amide bonds.